The van der Waals surface area contributed by atoms with Crippen LogP contribution in [0.3, 0.4) is 0 Å². The van der Waals surface area contributed by atoms with Crippen molar-refractivity contribution in [2.75, 3.05) is 12.4 Å². The Hall–Kier alpha value is -3.62. The van der Waals surface area contributed by atoms with Crippen molar-refractivity contribution in [1.82, 2.24) is 9.78 Å². The Morgan fingerprint density at radius 3 is 2.48 bits per heavy atom. The van der Waals surface area contributed by atoms with Gasteiger partial charge < -0.3 is 10.2 Å². The SMILES string of the molecule is CON=Cc1ccc(-c2cc(F)cc(F)c2NC(=O)c2c(C)nn(C)c2F)cc1. The lowest BCUT2D eigenvalue weighted by Crippen LogP contribution is -2.16. The lowest BCUT2D eigenvalue weighted by molar-refractivity contribution is 0.102. The Morgan fingerprint density at radius 1 is 1.21 bits per heavy atom. The molecule has 0 aliphatic carbocycles. The third-order valence-corrected chi connectivity index (χ3v) is 4.20. The Kier molecular flexibility index (Phi) is 5.67. The van der Waals surface area contributed by atoms with Crippen molar-refractivity contribution in [2.45, 2.75) is 6.92 Å². The molecular weight excluding hydrogens is 385 g/mol. The molecule has 0 spiro atoms. The number of aromatic nitrogens is 2. The maximum absolute atomic E-state index is 14.5. The van der Waals surface area contributed by atoms with Crippen LogP contribution in [-0.4, -0.2) is 29.0 Å². The van der Waals surface area contributed by atoms with E-state index in [0.29, 0.717) is 17.2 Å². The smallest absolute Gasteiger partial charge is 0.262 e. The molecule has 0 atom stereocenters. The van der Waals surface area contributed by atoms with Crippen molar-refractivity contribution in [1.29, 1.82) is 0 Å². The van der Waals surface area contributed by atoms with Crippen LogP contribution in [0, 0.1) is 24.5 Å². The number of amides is 1. The molecule has 29 heavy (non-hydrogen) atoms. The van der Waals surface area contributed by atoms with Crippen LogP contribution < -0.4 is 5.32 Å². The zero-order chi connectivity index (χ0) is 21.1. The van der Waals surface area contributed by atoms with E-state index in [4.69, 9.17) is 0 Å². The third-order valence-electron chi connectivity index (χ3n) is 4.20. The number of nitrogens with one attached hydrogen (secondary N) is 1. The molecule has 0 aliphatic heterocycles. The summed E-state index contributed by atoms with van der Waals surface area (Å²) in [5.74, 6) is -3.54. The number of hydrogen-bond donors (Lipinski definition) is 1. The maximum Gasteiger partial charge on any atom is 0.262 e. The lowest BCUT2D eigenvalue weighted by Gasteiger charge is -2.13. The second-order valence-electron chi connectivity index (χ2n) is 6.18. The first-order valence-corrected chi connectivity index (χ1v) is 8.48. The molecule has 2 aromatic carbocycles. The molecule has 1 N–H and O–H groups in total. The van der Waals surface area contributed by atoms with E-state index in [0.717, 1.165) is 10.7 Å². The zero-order valence-electron chi connectivity index (χ0n) is 15.8. The molecule has 1 aromatic heterocycles. The first-order chi connectivity index (χ1) is 13.8. The van der Waals surface area contributed by atoms with Crippen molar-refractivity contribution < 1.29 is 22.8 Å². The minimum Gasteiger partial charge on any atom is -0.399 e. The Bertz CT molecular complexity index is 1090. The van der Waals surface area contributed by atoms with Gasteiger partial charge in [-0.05, 0) is 24.1 Å². The van der Waals surface area contributed by atoms with Crippen LogP contribution in [0.1, 0.15) is 21.6 Å². The fourth-order valence-corrected chi connectivity index (χ4v) is 2.85. The van der Waals surface area contributed by atoms with E-state index in [1.807, 2.05) is 0 Å². The van der Waals surface area contributed by atoms with E-state index in [2.05, 4.69) is 20.4 Å². The lowest BCUT2D eigenvalue weighted by atomic mass is 10.0. The van der Waals surface area contributed by atoms with Gasteiger partial charge in [0, 0.05) is 18.7 Å². The van der Waals surface area contributed by atoms with Crippen LogP contribution in [-0.2, 0) is 11.9 Å². The van der Waals surface area contributed by atoms with Crippen molar-refractivity contribution in [2.24, 2.45) is 12.2 Å². The summed E-state index contributed by atoms with van der Waals surface area (Å²) in [5.41, 5.74) is 0.815. The minimum atomic E-state index is -0.986. The number of nitrogens with zero attached hydrogens (tertiary/aromatic N) is 3. The van der Waals surface area contributed by atoms with Gasteiger partial charge in [0.05, 0.1) is 17.6 Å². The molecule has 150 valence electrons. The molecule has 0 radical (unpaired) electrons. The van der Waals surface area contributed by atoms with Crippen molar-refractivity contribution in [3.8, 4) is 11.1 Å². The molecule has 0 saturated carbocycles. The van der Waals surface area contributed by atoms with Gasteiger partial charge in [0.2, 0.25) is 5.95 Å². The number of carbonyl (C=O) groups excluding carboxylic acids is 1. The quantitative estimate of drug-likeness (QED) is 0.517. The molecule has 0 aliphatic rings. The highest BCUT2D eigenvalue weighted by Crippen LogP contribution is 2.32. The van der Waals surface area contributed by atoms with Crippen LogP contribution >= 0.6 is 0 Å². The van der Waals surface area contributed by atoms with Gasteiger partial charge in [0.15, 0.2) is 0 Å². The molecule has 3 rings (SSSR count). The fourth-order valence-electron chi connectivity index (χ4n) is 2.85. The van der Waals surface area contributed by atoms with Crippen LogP contribution in [0.5, 0.6) is 0 Å². The Balaban J connectivity index is 2.01. The topological polar surface area (TPSA) is 68.5 Å². The maximum atomic E-state index is 14.5. The predicted molar refractivity (Wildman–Crippen MR) is 102 cm³/mol. The van der Waals surface area contributed by atoms with Gasteiger partial charge in [0.25, 0.3) is 5.91 Å². The number of carbonyl (C=O) groups is 1. The highest BCUT2D eigenvalue weighted by atomic mass is 19.1. The summed E-state index contributed by atoms with van der Waals surface area (Å²) in [7, 11) is 2.75. The second-order valence-corrected chi connectivity index (χ2v) is 6.18. The number of benzene rings is 2. The first kappa shape index (κ1) is 20.1. The molecule has 6 nitrogen and oxygen atoms in total. The van der Waals surface area contributed by atoms with E-state index in [1.54, 1.807) is 24.3 Å². The van der Waals surface area contributed by atoms with Crippen molar-refractivity contribution in [3.05, 3.63) is 70.8 Å². The summed E-state index contributed by atoms with van der Waals surface area (Å²) in [6.07, 6.45) is 1.46. The monoisotopic (exact) mass is 402 g/mol. The van der Waals surface area contributed by atoms with Gasteiger partial charge in [-0.3, -0.25) is 4.79 Å². The van der Waals surface area contributed by atoms with Gasteiger partial charge in [-0.2, -0.15) is 9.49 Å². The van der Waals surface area contributed by atoms with E-state index >= 15 is 0 Å². The summed E-state index contributed by atoms with van der Waals surface area (Å²) in [6, 6.07) is 8.27. The van der Waals surface area contributed by atoms with Crippen molar-refractivity contribution >= 4 is 17.8 Å². The summed E-state index contributed by atoms with van der Waals surface area (Å²) in [4.78, 5) is 17.2. The molecule has 1 heterocycles. The molecule has 0 saturated heterocycles. The average Bonchev–Trinajstić information content (AvgIpc) is 2.94. The highest BCUT2D eigenvalue weighted by molar-refractivity contribution is 6.07. The van der Waals surface area contributed by atoms with Crippen LogP contribution in [0.4, 0.5) is 18.9 Å². The number of rotatable bonds is 5. The van der Waals surface area contributed by atoms with Gasteiger partial charge >= 0.3 is 0 Å². The van der Waals surface area contributed by atoms with E-state index in [1.165, 1.54) is 27.3 Å². The number of oxime groups is 1. The standard InChI is InChI=1S/C20H17F3N4O2/c1-11-17(19(23)27(2)26-11)20(28)25-18-15(8-14(21)9-16(18)22)13-6-4-12(5-7-13)10-24-29-3/h4-10H,1-3H3,(H,25,28). The highest BCUT2D eigenvalue weighted by Gasteiger charge is 2.23. The van der Waals surface area contributed by atoms with E-state index in [-0.39, 0.29) is 22.5 Å². The number of hydrogen-bond acceptors (Lipinski definition) is 4. The molecule has 0 fully saturated rings. The molecule has 1 amide bonds. The van der Waals surface area contributed by atoms with E-state index in [9.17, 15) is 18.0 Å². The van der Waals surface area contributed by atoms with Crippen LogP contribution in [0.15, 0.2) is 41.6 Å². The normalized spacial score (nSPS) is 11.1. The fraction of sp³-hybridized carbons (Fsp3) is 0.150. The summed E-state index contributed by atoms with van der Waals surface area (Å²) in [5, 5.41) is 9.81. The van der Waals surface area contributed by atoms with Gasteiger partial charge in [0.1, 0.15) is 24.3 Å². The molecule has 0 unspecified atom stereocenters. The second kappa shape index (κ2) is 8.17. The van der Waals surface area contributed by atoms with Crippen molar-refractivity contribution in [3.63, 3.8) is 0 Å². The van der Waals surface area contributed by atoms with Gasteiger partial charge in [-0.25, -0.2) is 13.5 Å². The molecule has 3 aromatic rings. The largest absolute Gasteiger partial charge is 0.399 e. The zero-order valence-corrected chi connectivity index (χ0v) is 15.8. The average molecular weight is 402 g/mol. The number of aryl methyl sites for hydroxylation is 2. The number of halogens is 3. The van der Waals surface area contributed by atoms with Crippen LogP contribution in [0.25, 0.3) is 11.1 Å². The summed E-state index contributed by atoms with van der Waals surface area (Å²) in [6.45, 7) is 1.46. The predicted octanol–water partition coefficient (Wildman–Crippen LogP) is 4.05. The number of anilines is 1. The van der Waals surface area contributed by atoms with Crippen LogP contribution in [0.2, 0.25) is 0 Å². The Morgan fingerprint density at radius 2 is 1.90 bits per heavy atom. The Labute approximate surface area is 164 Å². The van der Waals surface area contributed by atoms with Gasteiger partial charge in [-0.15, -0.1) is 0 Å². The molecule has 9 heteroatoms. The summed E-state index contributed by atoms with van der Waals surface area (Å²) < 4.78 is 43.5. The third kappa shape index (κ3) is 4.13. The first-order valence-electron chi connectivity index (χ1n) is 8.48. The minimum absolute atomic E-state index is 0.105. The molecular formula is C20H17F3N4O2. The van der Waals surface area contributed by atoms with E-state index < -0.39 is 23.5 Å². The van der Waals surface area contributed by atoms with Gasteiger partial charge in [-0.1, -0.05) is 29.4 Å². The summed E-state index contributed by atoms with van der Waals surface area (Å²) >= 11 is 0. The molecule has 0 bridgehead atoms.